The summed E-state index contributed by atoms with van der Waals surface area (Å²) in [6.45, 7) is 6.03. The van der Waals surface area contributed by atoms with E-state index in [2.05, 4.69) is 23.8 Å². The summed E-state index contributed by atoms with van der Waals surface area (Å²) in [6.07, 6.45) is 0. The average Bonchev–Trinajstić information content (AvgIpc) is 2.92. The lowest BCUT2D eigenvalue weighted by Gasteiger charge is -2.10. The van der Waals surface area contributed by atoms with Gasteiger partial charge in [0.2, 0.25) is 0 Å². The number of benzene rings is 1. The first-order valence-electron chi connectivity index (χ1n) is 8.07. The Morgan fingerprint density at radius 3 is 2.62 bits per heavy atom. The first kappa shape index (κ1) is 18.7. The summed E-state index contributed by atoms with van der Waals surface area (Å²) < 4.78 is 10.5. The van der Waals surface area contributed by atoms with Crippen molar-refractivity contribution >= 4 is 39.1 Å². The molecule has 0 aliphatic rings. The third-order valence-electron chi connectivity index (χ3n) is 4.16. The number of aromatic nitrogens is 2. The Morgan fingerprint density at radius 1 is 1.15 bits per heavy atom. The molecule has 0 saturated heterocycles. The minimum atomic E-state index is -0.0106. The van der Waals surface area contributed by atoms with Crippen LogP contribution in [0.15, 0.2) is 23.2 Å². The second kappa shape index (κ2) is 7.63. The summed E-state index contributed by atoms with van der Waals surface area (Å²) in [4.78, 5) is 24.0. The summed E-state index contributed by atoms with van der Waals surface area (Å²) in [6, 6.07) is 5.22. The Hall–Kier alpha value is -2.12. The van der Waals surface area contributed by atoms with Gasteiger partial charge in [-0.3, -0.25) is 4.79 Å². The number of aryl methyl sites for hydroxylation is 3. The Morgan fingerprint density at radius 2 is 1.92 bits per heavy atom. The van der Waals surface area contributed by atoms with Crippen LogP contribution < -0.4 is 9.47 Å². The topological polar surface area (TPSA) is 61.3 Å². The highest BCUT2D eigenvalue weighted by molar-refractivity contribution is 8.00. The highest BCUT2D eigenvalue weighted by Crippen LogP contribution is 2.35. The van der Waals surface area contributed by atoms with Crippen LogP contribution in [0.3, 0.4) is 0 Å². The van der Waals surface area contributed by atoms with E-state index in [9.17, 15) is 4.79 Å². The SMILES string of the molecule is COc1ccc(C(=O)CSc2nc(C)nc3sc(C)c(C)c23)c(OC)c1. The van der Waals surface area contributed by atoms with E-state index >= 15 is 0 Å². The summed E-state index contributed by atoms with van der Waals surface area (Å²) >= 11 is 3.11. The summed E-state index contributed by atoms with van der Waals surface area (Å²) in [5.74, 6) is 2.16. The van der Waals surface area contributed by atoms with Crippen LogP contribution in [0.4, 0.5) is 0 Å². The zero-order chi connectivity index (χ0) is 18.8. The minimum Gasteiger partial charge on any atom is -0.497 e. The molecule has 3 aromatic rings. The van der Waals surface area contributed by atoms with Gasteiger partial charge < -0.3 is 9.47 Å². The molecule has 0 saturated carbocycles. The number of ketones is 1. The van der Waals surface area contributed by atoms with Gasteiger partial charge in [-0.1, -0.05) is 11.8 Å². The number of methoxy groups -OCH3 is 2. The first-order valence-corrected chi connectivity index (χ1v) is 9.87. The number of rotatable bonds is 6. The van der Waals surface area contributed by atoms with Crippen LogP contribution in [0.1, 0.15) is 26.6 Å². The lowest BCUT2D eigenvalue weighted by Crippen LogP contribution is -2.06. The molecule has 0 aliphatic carbocycles. The number of Topliss-reactive ketones (excluding diaryl/α,β-unsaturated/α-hetero) is 1. The van der Waals surface area contributed by atoms with Crippen LogP contribution in [0.25, 0.3) is 10.2 Å². The standard InChI is InChI=1S/C19H20N2O3S2/c1-10-11(2)26-19-17(10)18(20-12(3)21-19)25-9-15(22)14-7-6-13(23-4)8-16(14)24-5/h6-8H,9H2,1-5H3. The summed E-state index contributed by atoms with van der Waals surface area (Å²) in [7, 11) is 3.13. The number of carbonyl (C=O) groups is 1. The predicted molar refractivity (Wildman–Crippen MR) is 106 cm³/mol. The molecule has 2 aromatic heterocycles. The molecular formula is C19H20N2O3S2. The van der Waals surface area contributed by atoms with Crippen LogP contribution in [0.5, 0.6) is 11.5 Å². The third-order valence-corrected chi connectivity index (χ3v) is 6.23. The van der Waals surface area contributed by atoms with Crippen LogP contribution >= 0.6 is 23.1 Å². The van der Waals surface area contributed by atoms with E-state index in [1.54, 1.807) is 43.8 Å². The second-order valence-electron chi connectivity index (χ2n) is 5.82. The van der Waals surface area contributed by atoms with Gasteiger partial charge in [0.1, 0.15) is 27.2 Å². The average molecular weight is 389 g/mol. The highest BCUT2D eigenvalue weighted by Gasteiger charge is 2.18. The molecule has 0 aliphatic heterocycles. The van der Waals surface area contributed by atoms with Crippen LogP contribution in [0.2, 0.25) is 0 Å². The van der Waals surface area contributed by atoms with E-state index < -0.39 is 0 Å². The fourth-order valence-corrected chi connectivity index (χ4v) is 4.81. The Kier molecular flexibility index (Phi) is 5.48. The molecule has 0 bridgehead atoms. The number of nitrogens with zero attached hydrogens (tertiary/aromatic N) is 2. The number of ether oxygens (including phenoxy) is 2. The van der Waals surface area contributed by atoms with E-state index in [4.69, 9.17) is 9.47 Å². The normalized spacial score (nSPS) is 11.0. The maximum Gasteiger partial charge on any atom is 0.176 e. The van der Waals surface area contributed by atoms with E-state index in [1.807, 2.05) is 6.92 Å². The molecule has 0 unspecified atom stereocenters. The Labute approximate surface area is 160 Å². The van der Waals surface area contributed by atoms with Crippen molar-refractivity contribution < 1.29 is 14.3 Å². The van der Waals surface area contributed by atoms with Gasteiger partial charge in [-0.05, 0) is 38.5 Å². The van der Waals surface area contributed by atoms with Crippen molar-refractivity contribution in [2.75, 3.05) is 20.0 Å². The van der Waals surface area contributed by atoms with Crippen LogP contribution in [0, 0.1) is 20.8 Å². The molecule has 3 rings (SSSR count). The second-order valence-corrected chi connectivity index (χ2v) is 7.98. The number of hydrogen-bond acceptors (Lipinski definition) is 7. The maximum atomic E-state index is 12.7. The molecule has 0 radical (unpaired) electrons. The van der Waals surface area contributed by atoms with Gasteiger partial charge in [-0.25, -0.2) is 9.97 Å². The lowest BCUT2D eigenvalue weighted by molar-refractivity contribution is 0.101. The number of hydrogen-bond donors (Lipinski definition) is 0. The zero-order valence-corrected chi connectivity index (χ0v) is 17.0. The molecule has 1 aromatic carbocycles. The lowest BCUT2D eigenvalue weighted by atomic mass is 10.1. The number of carbonyl (C=O) groups excluding carboxylic acids is 1. The molecule has 26 heavy (non-hydrogen) atoms. The van der Waals surface area contributed by atoms with Gasteiger partial charge in [-0.2, -0.15) is 0 Å². The van der Waals surface area contributed by atoms with Crippen molar-refractivity contribution in [2.45, 2.75) is 25.8 Å². The zero-order valence-electron chi connectivity index (χ0n) is 15.4. The fourth-order valence-electron chi connectivity index (χ4n) is 2.66. The van der Waals surface area contributed by atoms with Crippen molar-refractivity contribution in [2.24, 2.45) is 0 Å². The van der Waals surface area contributed by atoms with Crippen molar-refractivity contribution in [3.05, 3.63) is 40.0 Å². The van der Waals surface area contributed by atoms with E-state index in [-0.39, 0.29) is 11.5 Å². The summed E-state index contributed by atoms with van der Waals surface area (Å²) in [5, 5.41) is 1.91. The molecule has 2 heterocycles. The van der Waals surface area contributed by atoms with Crippen molar-refractivity contribution in [1.29, 1.82) is 0 Å². The minimum absolute atomic E-state index is 0.0106. The van der Waals surface area contributed by atoms with Gasteiger partial charge in [0.05, 0.1) is 25.5 Å². The van der Waals surface area contributed by atoms with Gasteiger partial charge in [0, 0.05) is 16.3 Å². The first-order chi connectivity index (χ1) is 12.4. The third kappa shape index (κ3) is 3.54. The largest absolute Gasteiger partial charge is 0.497 e. The Balaban J connectivity index is 1.88. The van der Waals surface area contributed by atoms with E-state index in [0.717, 1.165) is 21.1 Å². The molecular weight excluding hydrogens is 368 g/mol. The van der Waals surface area contributed by atoms with Crippen molar-refractivity contribution in [3.8, 4) is 11.5 Å². The molecule has 136 valence electrons. The van der Waals surface area contributed by atoms with E-state index in [0.29, 0.717) is 17.1 Å². The van der Waals surface area contributed by atoms with Crippen molar-refractivity contribution in [1.82, 2.24) is 9.97 Å². The quantitative estimate of drug-likeness (QED) is 0.349. The van der Waals surface area contributed by atoms with E-state index in [1.165, 1.54) is 22.2 Å². The number of thiophene rings is 1. The number of fused-ring (bicyclic) bond motifs is 1. The molecule has 0 fully saturated rings. The van der Waals surface area contributed by atoms with Crippen LogP contribution in [-0.4, -0.2) is 35.7 Å². The van der Waals surface area contributed by atoms with Crippen molar-refractivity contribution in [3.63, 3.8) is 0 Å². The summed E-state index contributed by atoms with van der Waals surface area (Å²) in [5.41, 5.74) is 1.73. The molecule has 0 atom stereocenters. The highest BCUT2D eigenvalue weighted by atomic mass is 32.2. The molecule has 0 N–H and O–H groups in total. The fraction of sp³-hybridized carbons (Fsp3) is 0.316. The Bertz CT molecular complexity index is 983. The molecule has 7 heteroatoms. The molecule has 0 amide bonds. The molecule has 0 spiro atoms. The maximum absolute atomic E-state index is 12.7. The molecule has 5 nitrogen and oxygen atoms in total. The van der Waals surface area contributed by atoms with Gasteiger partial charge in [-0.15, -0.1) is 11.3 Å². The smallest absolute Gasteiger partial charge is 0.176 e. The monoisotopic (exact) mass is 388 g/mol. The van der Waals surface area contributed by atoms with Gasteiger partial charge in [0.25, 0.3) is 0 Å². The van der Waals surface area contributed by atoms with Gasteiger partial charge in [0.15, 0.2) is 5.78 Å². The predicted octanol–water partition coefficient (Wildman–Crippen LogP) is 4.61. The number of thioether (sulfide) groups is 1. The van der Waals surface area contributed by atoms with Crippen LogP contribution in [-0.2, 0) is 0 Å². The van der Waals surface area contributed by atoms with Gasteiger partial charge >= 0.3 is 0 Å².